The molecule has 1 saturated heterocycles. The predicted octanol–water partition coefficient (Wildman–Crippen LogP) is 4.58. The number of halogens is 1. The molecule has 1 aliphatic rings. The third-order valence-corrected chi connectivity index (χ3v) is 7.33. The van der Waals surface area contributed by atoms with Gasteiger partial charge in [-0.25, -0.2) is 4.98 Å². The van der Waals surface area contributed by atoms with Crippen molar-refractivity contribution in [2.24, 2.45) is 5.41 Å². The largest absolute Gasteiger partial charge is 0.381 e. The quantitative estimate of drug-likeness (QED) is 0.590. The number of ether oxygens (including phenoxy) is 1. The van der Waals surface area contributed by atoms with E-state index in [1.165, 1.54) is 9.04 Å². The van der Waals surface area contributed by atoms with E-state index in [0.717, 1.165) is 42.7 Å². The van der Waals surface area contributed by atoms with Crippen LogP contribution < -0.4 is 0 Å². The van der Waals surface area contributed by atoms with Crippen molar-refractivity contribution in [3.63, 3.8) is 0 Å². The monoisotopic (exact) mass is 357 g/mol. The summed E-state index contributed by atoms with van der Waals surface area (Å²) in [6.45, 7) is 1.79. The Kier molecular flexibility index (Phi) is 4.47. The van der Waals surface area contributed by atoms with E-state index in [4.69, 9.17) is 9.72 Å². The van der Waals surface area contributed by atoms with E-state index in [1.54, 1.807) is 11.3 Å². The Morgan fingerprint density at radius 2 is 2.11 bits per heavy atom. The van der Waals surface area contributed by atoms with Gasteiger partial charge in [0.2, 0.25) is 0 Å². The van der Waals surface area contributed by atoms with Crippen LogP contribution in [-0.2, 0) is 4.74 Å². The molecule has 1 aromatic heterocycles. The topological polar surface area (TPSA) is 22.1 Å². The number of thioether (sulfide) groups is 1. The SMILES string of the molecule is BrCC1(CSc2nc3ccccc3s2)CCOCC1. The van der Waals surface area contributed by atoms with Crippen LogP contribution in [0.3, 0.4) is 0 Å². The van der Waals surface area contributed by atoms with Crippen molar-refractivity contribution < 1.29 is 4.74 Å². The second-order valence-electron chi connectivity index (χ2n) is 4.98. The summed E-state index contributed by atoms with van der Waals surface area (Å²) in [5.41, 5.74) is 1.50. The number of thiazole rings is 1. The number of para-hydroxylation sites is 1. The summed E-state index contributed by atoms with van der Waals surface area (Å²) >= 11 is 7.39. The van der Waals surface area contributed by atoms with Gasteiger partial charge in [0.25, 0.3) is 0 Å². The van der Waals surface area contributed by atoms with Gasteiger partial charge in [-0.15, -0.1) is 11.3 Å². The van der Waals surface area contributed by atoms with Crippen LogP contribution in [0.15, 0.2) is 28.6 Å². The fourth-order valence-corrected chi connectivity index (χ4v) is 5.63. The molecule has 102 valence electrons. The molecule has 0 atom stereocenters. The fraction of sp³-hybridized carbons (Fsp3) is 0.500. The lowest BCUT2D eigenvalue weighted by Gasteiger charge is -2.35. The van der Waals surface area contributed by atoms with E-state index < -0.39 is 0 Å². The van der Waals surface area contributed by atoms with Gasteiger partial charge in [0, 0.05) is 24.3 Å². The number of alkyl halides is 1. The van der Waals surface area contributed by atoms with Crippen LogP contribution in [0.5, 0.6) is 0 Å². The Balaban J connectivity index is 1.70. The number of fused-ring (bicyclic) bond motifs is 1. The summed E-state index contributed by atoms with van der Waals surface area (Å²) in [4.78, 5) is 4.70. The van der Waals surface area contributed by atoms with Gasteiger partial charge < -0.3 is 4.74 Å². The van der Waals surface area contributed by atoms with Crippen molar-refractivity contribution in [1.82, 2.24) is 4.98 Å². The highest BCUT2D eigenvalue weighted by Gasteiger charge is 2.31. The Hall–Kier alpha value is -0.100. The molecule has 0 spiro atoms. The smallest absolute Gasteiger partial charge is 0.151 e. The first kappa shape index (κ1) is 13.9. The molecule has 19 heavy (non-hydrogen) atoms. The number of benzene rings is 1. The molecule has 2 aromatic rings. The van der Waals surface area contributed by atoms with Gasteiger partial charge in [-0.05, 0) is 30.4 Å². The number of hydrogen-bond donors (Lipinski definition) is 0. The zero-order chi connectivity index (χ0) is 13.1. The summed E-state index contributed by atoms with van der Waals surface area (Å²) in [7, 11) is 0. The first-order valence-electron chi connectivity index (χ1n) is 6.43. The summed E-state index contributed by atoms with van der Waals surface area (Å²) in [6.07, 6.45) is 2.30. The molecule has 0 unspecified atom stereocenters. The van der Waals surface area contributed by atoms with Gasteiger partial charge >= 0.3 is 0 Å². The molecule has 1 aromatic carbocycles. The molecule has 3 rings (SSSR count). The minimum Gasteiger partial charge on any atom is -0.381 e. The Morgan fingerprint density at radius 1 is 1.32 bits per heavy atom. The second-order valence-corrected chi connectivity index (χ2v) is 7.80. The molecule has 0 radical (unpaired) electrons. The molecule has 0 saturated carbocycles. The highest BCUT2D eigenvalue weighted by Crippen LogP contribution is 2.39. The van der Waals surface area contributed by atoms with Crippen LogP contribution in [0.2, 0.25) is 0 Å². The minimum absolute atomic E-state index is 0.376. The summed E-state index contributed by atoms with van der Waals surface area (Å²) in [5, 5.41) is 1.06. The van der Waals surface area contributed by atoms with Crippen molar-refractivity contribution in [3.05, 3.63) is 24.3 Å². The Bertz CT molecular complexity index is 518. The molecule has 1 fully saturated rings. The fourth-order valence-electron chi connectivity index (χ4n) is 2.25. The molecule has 5 heteroatoms. The van der Waals surface area contributed by atoms with E-state index in [-0.39, 0.29) is 0 Å². The summed E-state index contributed by atoms with van der Waals surface area (Å²) < 4.78 is 7.95. The van der Waals surface area contributed by atoms with Gasteiger partial charge in [0.05, 0.1) is 10.2 Å². The molecule has 0 aliphatic carbocycles. The maximum atomic E-state index is 5.48. The molecular weight excluding hydrogens is 342 g/mol. The maximum absolute atomic E-state index is 5.48. The molecular formula is C14H16BrNOS2. The lowest BCUT2D eigenvalue weighted by atomic mass is 9.85. The van der Waals surface area contributed by atoms with Gasteiger partial charge in [0.1, 0.15) is 0 Å². The van der Waals surface area contributed by atoms with Crippen LogP contribution in [-0.4, -0.2) is 29.3 Å². The van der Waals surface area contributed by atoms with Crippen LogP contribution >= 0.6 is 39.0 Å². The van der Waals surface area contributed by atoms with Crippen LogP contribution in [0, 0.1) is 5.41 Å². The van der Waals surface area contributed by atoms with Gasteiger partial charge in [-0.3, -0.25) is 0 Å². The number of rotatable bonds is 4. The number of aromatic nitrogens is 1. The molecule has 0 bridgehead atoms. The summed E-state index contributed by atoms with van der Waals surface area (Å²) in [5.74, 6) is 1.13. The normalized spacial score (nSPS) is 18.8. The molecule has 0 N–H and O–H groups in total. The lowest BCUT2D eigenvalue weighted by molar-refractivity contribution is 0.0374. The van der Waals surface area contributed by atoms with Crippen LogP contribution in [0.25, 0.3) is 10.2 Å². The maximum Gasteiger partial charge on any atom is 0.151 e. The van der Waals surface area contributed by atoms with Crippen molar-refractivity contribution >= 4 is 49.2 Å². The summed E-state index contributed by atoms with van der Waals surface area (Å²) in [6, 6.07) is 8.36. The minimum atomic E-state index is 0.376. The van der Waals surface area contributed by atoms with Gasteiger partial charge in [0.15, 0.2) is 4.34 Å². The van der Waals surface area contributed by atoms with Crippen molar-refractivity contribution in [3.8, 4) is 0 Å². The van der Waals surface area contributed by atoms with Gasteiger partial charge in [-0.2, -0.15) is 0 Å². The highest BCUT2D eigenvalue weighted by atomic mass is 79.9. The van der Waals surface area contributed by atoms with E-state index in [1.807, 2.05) is 11.8 Å². The predicted molar refractivity (Wildman–Crippen MR) is 86.6 cm³/mol. The number of nitrogens with zero attached hydrogens (tertiary/aromatic N) is 1. The first-order chi connectivity index (χ1) is 9.31. The lowest BCUT2D eigenvalue weighted by Crippen LogP contribution is -2.33. The Morgan fingerprint density at radius 3 is 2.84 bits per heavy atom. The molecule has 0 amide bonds. The van der Waals surface area contributed by atoms with Crippen LogP contribution in [0.4, 0.5) is 0 Å². The second kappa shape index (κ2) is 6.12. The molecule has 2 nitrogen and oxygen atoms in total. The Labute approximate surface area is 130 Å². The van der Waals surface area contributed by atoms with Crippen molar-refractivity contribution in [2.75, 3.05) is 24.3 Å². The van der Waals surface area contributed by atoms with E-state index in [0.29, 0.717) is 5.41 Å². The van der Waals surface area contributed by atoms with E-state index >= 15 is 0 Å². The standard InChI is InChI=1S/C14H16BrNOS2/c15-9-14(5-7-17-8-6-14)10-18-13-16-11-3-1-2-4-12(11)19-13/h1-4H,5-10H2. The zero-order valence-electron chi connectivity index (χ0n) is 10.6. The van der Waals surface area contributed by atoms with E-state index in [9.17, 15) is 0 Å². The van der Waals surface area contributed by atoms with E-state index in [2.05, 4.69) is 40.2 Å². The third-order valence-electron chi connectivity index (χ3n) is 3.61. The van der Waals surface area contributed by atoms with Crippen molar-refractivity contribution in [1.29, 1.82) is 0 Å². The average Bonchev–Trinajstić information content (AvgIpc) is 2.89. The molecule has 1 aliphatic heterocycles. The third kappa shape index (κ3) is 3.15. The average molecular weight is 358 g/mol. The van der Waals surface area contributed by atoms with Crippen molar-refractivity contribution in [2.45, 2.75) is 17.2 Å². The zero-order valence-corrected chi connectivity index (χ0v) is 13.8. The van der Waals surface area contributed by atoms with Crippen LogP contribution in [0.1, 0.15) is 12.8 Å². The van der Waals surface area contributed by atoms with Gasteiger partial charge in [-0.1, -0.05) is 39.8 Å². The molecule has 2 heterocycles. The highest BCUT2D eigenvalue weighted by molar-refractivity contribution is 9.09. The number of hydrogen-bond acceptors (Lipinski definition) is 4. The first-order valence-corrected chi connectivity index (χ1v) is 9.36.